The summed E-state index contributed by atoms with van der Waals surface area (Å²) in [5.74, 6) is -0.909. The number of aliphatic carboxylic acids is 1. The highest BCUT2D eigenvalue weighted by Crippen LogP contribution is 2.31. The zero-order chi connectivity index (χ0) is 14.0. The topological polar surface area (TPSA) is 69.6 Å². The molecule has 0 aromatic heterocycles. The Labute approximate surface area is 118 Å². The molecule has 1 heterocycles. The van der Waals surface area contributed by atoms with Crippen LogP contribution < -0.4 is 5.32 Å². The van der Waals surface area contributed by atoms with Gasteiger partial charge in [-0.05, 0) is 45.3 Å². The van der Waals surface area contributed by atoms with E-state index in [4.69, 9.17) is 0 Å². The van der Waals surface area contributed by atoms with Crippen molar-refractivity contribution in [3.05, 3.63) is 0 Å². The Balaban J connectivity index is 1.95. The molecular weight excluding hydrogens is 264 g/mol. The molecule has 2 aliphatic rings. The number of carbonyl (C=O) groups excluding carboxylic acids is 1. The van der Waals surface area contributed by atoms with E-state index >= 15 is 0 Å². The van der Waals surface area contributed by atoms with E-state index in [2.05, 4.69) is 11.6 Å². The molecule has 2 rings (SSSR count). The number of carboxylic acid groups (broad SMARTS) is 1. The fourth-order valence-corrected chi connectivity index (χ4v) is 3.85. The van der Waals surface area contributed by atoms with E-state index in [1.165, 1.54) is 4.90 Å². The van der Waals surface area contributed by atoms with Gasteiger partial charge in [-0.3, -0.25) is 0 Å². The standard InChI is InChI=1S/C13H22N2O3S/c1-13(11(16)17)6-3-7-15(13)12(18)14-9-4-5-10(8-9)19-2/h9-10H,3-8H2,1-2H3,(H,14,18)(H,16,17). The fourth-order valence-electron chi connectivity index (χ4n) is 3.05. The molecule has 0 radical (unpaired) electrons. The van der Waals surface area contributed by atoms with Gasteiger partial charge in [-0.2, -0.15) is 11.8 Å². The van der Waals surface area contributed by atoms with E-state index in [1.807, 2.05) is 11.8 Å². The maximum absolute atomic E-state index is 12.3. The molecule has 0 aromatic carbocycles. The predicted octanol–water partition coefficient (Wildman–Crippen LogP) is 1.92. The third kappa shape index (κ3) is 2.83. The third-order valence-corrected chi connectivity index (χ3v) is 5.49. The minimum Gasteiger partial charge on any atom is -0.480 e. The number of thioether (sulfide) groups is 1. The van der Waals surface area contributed by atoms with Crippen LogP contribution in [0.2, 0.25) is 0 Å². The molecule has 108 valence electrons. The van der Waals surface area contributed by atoms with Crippen LogP contribution >= 0.6 is 11.8 Å². The number of nitrogens with one attached hydrogen (secondary N) is 1. The monoisotopic (exact) mass is 286 g/mol. The van der Waals surface area contributed by atoms with Crippen molar-refractivity contribution >= 4 is 23.8 Å². The molecule has 19 heavy (non-hydrogen) atoms. The van der Waals surface area contributed by atoms with Gasteiger partial charge in [0.15, 0.2) is 0 Å². The Morgan fingerprint density at radius 1 is 1.42 bits per heavy atom. The van der Waals surface area contributed by atoms with Gasteiger partial charge < -0.3 is 15.3 Å². The van der Waals surface area contributed by atoms with Gasteiger partial charge in [0.2, 0.25) is 0 Å². The van der Waals surface area contributed by atoms with E-state index in [9.17, 15) is 14.7 Å². The first kappa shape index (κ1) is 14.5. The van der Waals surface area contributed by atoms with Crippen molar-refractivity contribution in [2.75, 3.05) is 12.8 Å². The maximum Gasteiger partial charge on any atom is 0.329 e. The van der Waals surface area contributed by atoms with Crippen molar-refractivity contribution < 1.29 is 14.7 Å². The van der Waals surface area contributed by atoms with Crippen LogP contribution in [0.3, 0.4) is 0 Å². The molecule has 1 aliphatic heterocycles. The molecule has 6 heteroatoms. The van der Waals surface area contributed by atoms with Crippen molar-refractivity contribution in [1.82, 2.24) is 10.2 Å². The molecule has 0 bridgehead atoms. The number of rotatable bonds is 3. The van der Waals surface area contributed by atoms with E-state index in [0.29, 0.717) is 18.2 Å². The summed E-state index contributed by atoms with van der Waals surface area (Å²) >= 11 is 1.84. The van der Waals surface area contributed by atoms with Crippen molar-refractivity contribution in [2.45, 2.75) is 55.9 Å². The Morgan fingerprint density at radius 3 is 2.74 bits per heavy atom. The Morgan fingerprint density at radius 2 is 2.16 bits per heavy atom. The Bertz CT molecular complexity index is 377. The quantitative estimate of drug-likeness (QED) is 0.831. The van der Waals surface area contributed by atoms with Crippen LogP contribution in [0.25, 0.3) is 0 Å². The van der Waals surface area contributed by atoms with Crippen LogP contribution in [0.1, 0.15) is 39.0 Å². The molecule has 1 saturated carbocycles. The summed E-state index contributed by atoms with van der Waals surface area (Å²) in [6, 6.07) is -0.0160. The lowest BCUT2D eigenvalue weighted by atomic mass is 10.00. The number of carbonyl (C=O) groups is 2. The first-order chi connectivity index (χ1) is 8.97. The van der Waals surface area contributed by atoms with Gasteiger partial charge in [0.25, 0.3) is 0 Å². The molecule has 3 unspecified atom stereocenters. The molecule has 2 fully saturated rings. The summed E-state index contributed by atoms with van der Waals surface area (Å²) in [6.45, 7) is 2.18. The van der Waals surface area contributed by atoms with E-state index < -0.39 is 11.5 Å². The molecule has 5 nitrogen and oxygen atoms in total. The zero-order valence-electron chi connectivity index (χ0n) is 11.5. The lowest BCUT2D eigenvalue weighted by molar-refractivity contribution is -0.147. The molecule has 2 amide bonds. The number of amides is 2. The van der Waals surface area contributed by atoms with Gasteiger partial charge in [0.05, 0.1) is 0 Å². The van der Waals surface area contributed by atoms with E-state index in [1.54, 1.807) is 6.92 Å². The average molecular weight is 286 g/mol. The second-order valence-corrected chi connectivity index (χ2v) is 6.79. The first-order valence-electron chi connectivity index (χ1n) is 6.81. The first-order valence-corrected chi connectivity index (χ1v) is 8.10. The van der Waals surface area contributed by atoms with Crippen LogP contribution in [0.5, 0.6) is 0 Å². The highest BCUT2D eigenvalue weighted by atomic mass is 32.2. The fraction of sp³-hybridized carbons (Fsp3) is 0.846. The van der Waals surface area contributed by atoms with Crippen molar-refractivity contribution in [3.8, 4) is 0 Å². The predicted molar refractivity (Wildman–Crippen MR) is 75.5 cm³/mol. The molecular formula is C13H22N2O3S. The number of hydrogen-bond donors (Lipinski definition) is 2. The normalized spacial score (nSPS) is 34.5. The van der Waals surface area contributed by atoms with Gasteiger partial charge >= 0.3 is 12.0 Å². The lowest BCUT2D eigenvalue weighted by Gasteiger charge is -2.32. The lowest BCUT2D eigenvalue weighted by Crippen LogP contribution is -2.55. The number of hydrogen-bond acceptors (Lipinski definition) is 3. The summed E-state index contributed by atoms with van der Waals surface area (Å²) in [5.41, 5.74) is -1.04. The summed E-state index contributed by atoms with van der Waals surface area (Å²) < 4.78 is 0. The highest BCUT2D eigenvalue weighted by Gasteiger charge is 2.46. The molecule has 2 N–H and O–H groups in total. The second kappa shape index (κ2) is 5.61. The molecule has 0 spiro atoms. The molecule has 3 atom stereocenters. The van der Waals surface area contributed by atoms with Crippen molar-refractivity contribution in [1.29, 1.82) is 0 Å². The minimum absolute atomic E-state index is 0.198. The van der Waals surface area contributed by atoms with Gasteiger partial charge in [-0.25, -0.2) is 9.59 Å². The summed E-state index contributed by atoms with van der Waals surface area (Å²) in [5, 5.41) is 12.9. The van der Waals surface area contributed by atoms with Gasteiger partial charge in [-0.1, -0.05) is 0 Å². The van der Waals surface area contributed by atoms with Crippen LogP contribution in [-0.2, 0) is 4.79 Å². The number of carboxylic acids is 1. The number of likely N-dealkylation sites (tertiary alicyclic amines) is 1. The summed E-state index contributed by atoms with van der Waals surface area (Å²) in [6.07, 6.45) is 6.50. The average Bonchev–Trinajstić information content (AvgIpc) is 2.96. The van der Waals surface area contributed by atoms with Gasteiger partial charge in [0, 0.05) is 17.8 Å². The highest BCUT2D eigenvalue weighted by molar-refractivity contribution is 7.99. The number of nitrogens with zero attached hydrogens (tertiary/aromatic N) is 1. The van der Waals surface area contributed by atoms with E-state index in [-0.39, 0.29) is 12.1 Å². The van der Waals surface area contributed by atoms with Crippen molar-refractivity contribution in [2.24, 2.45) is 0 Å². The van der Waals surface area contributed by atoms with Gasteiger partial charge in [-0.15, -0.1) is 0 Å². The van der Waals surface area contributed by atoms with Crippen LogP contribution in [0.4, 0.5) is 4.79 Å². The second-order valence-electron chi connectivity index (χ2n) is 5.65. The Hall–Kier alpha value is -0.910. The smallest absolute Gasteiger partial charge is 0.329 e. The number of urea groups is 1. The van der Waals surface area contributed by atoms with Gasteiger partial charge in [0.1, 0.15) is 5.54 Å². The molecule has 0 aromatic rings. The largest absolute Gasteiger partial charge is 0.480 e. The zero-order valence-corrected chi connectivity index (χ0v) is 12.3. The Kier molecular flexibility index (Phi) is 4.28. The maximum atomic E-state index is 12.3. The molecule has 1 aliphatic carbocycles. The van der Waals surface area contributed by atoms with Crippen molar-refractivity contribution in [3.63, 3.8) is 0 Å². The molecule has 1 saturated heterocycles. The minimum atomic E-state index is -1.04. The van der Waals surface area contributed by atoms with Crippen LogP contribution in [0.15, 0.2) is 0 Å². The SMILES string of the molecule is CSC1CCC(NC(=O)N2CCCC2(C)C(=O)O)C1. The van der Waals surface area contributed by atoms with Crippen LogP contribution in [-0.4, -0.2) is 51.6 Å². The van der Waals surface area contributed by atoms with Crippen LogP contribution in [0, 0.1) is 0 Å². The third-order valence-electron chi connectivity index (χ3n) is 4.39. The summed E-state index contributed by atoms with van der Waals surface area (Å²) in [4.78, 5) is 25.1. The summed E-state index contributed by atoms with van der Waals surface area (Å²) in [7, 11) is 0. The van der Waals surface area contributed by atoms with E-state index in [0.717, 1.165) is 25.7 Å².